The molecule has 1 heterocycles. The molecule has 1 N–H and O–H groups in total. The number of aliphatic carboxylic acids is 1. The molecule has 0 saturated heterocycles. The van der Waals surface area contributed by atoms with Crippen molar-refractivity contribution in [2.75, 3.05) is 0 Å². The molecule has 0 saturated carbocycles. The quantitative estimate of drug-likeness (QED) is 0.890. The number of hydrogen-bond donors (Lipinski definition) is 1. The molecule has 0 aliphatic heterocycles. The number of rotatable bonds is 4. The molecule has 0 amide bonds. The lowest BCUT2D eigenvalue weighted by Gasteiger charge is -2.11. The Hall–Kier alpha value is -2.43. The smallest absolute Gasteiger partial charge is 0.344 e. The topological polar surface area (TPSA) is 72.3 Å². The average molecular weight is 244 g/mol. The summed E-state index contributed by atoms with van der Waals surface area (Å²) in [6, 6.07) is 7.16. The molecule has 0 aliphatic carbocycles. The molecule has 1 aromatic heterocycles. The van der Waals surface area contributed by atoms with E-state index >= 15 is 0 Å². The molecule has 5 nitrogen and oxygen atoms in total. The minimum atomic E-state index is -0.997. The van der Waals surface area contributed by atoms with Gasteiger partial charge in [-0.25, -0.2) is 14.8 Å². The number of nitrogens with zero attached hydrogens (tertiary/aromatic N) is 2. The molecular formula is C13H12N2O3. The molecule has 0 radical (unpaired) electrons. The van der Waals surface area contributed by atoms with Gasteiger partial charge >= 0.3 is 5.97 Å². The minimum Gasteiger partial charge on any atom is -0.479 e. The molecule has 0 aliphatic rings. The van der Waals surface area contributed by atoms with E-state index in [1.165, 1.54) is 13.3 Å². The highest BCUT2D eigenvalue weighted by atomic mass is 16.5. The third-order valence-electron chi connectivity index (χ3n) is 2.39. The van der Waals surface area contributed by atoms with Crippen LogP contribution in [0.15, 0.2) is 43.0 Å². The largest absolute Gasteiger partial charge is 0.479 e. The lowest BCUT2D eigenvalue weighted by atomic mass is 10.1. The normalized spacial score (nSPS) is 11.8. The Bertz CT molecular complexity index is 543. The summed E-state index contributed by atoms with van der Waals surface area (Å²) in [6.07, 6.45) is 3.95. The lowest BCUT2D eigenvalue weighted by Crippen LogP contribution is -2.22. The van der Waals surface area contributed by atoms with Crippen LogP contribution in [-0.2, 0) is 4.79 Å². The van der Waals surface area contributed by atoms with Gasteiger partial charge in [0, 0.05) is 18.0 Å². The van der Waals surface area contributed by atoms with Crippen LogP contribution in [0.4, 0.5) is 0 Å². The summed E-state index contributed by atoms with van der Waals surface area (Å²) in [5.74, 6) is -0.491. The Balaban J connectivity index is 2.23. The third kappa shape index (κ3) is 2.82. The highest BCUT2D eigenvalue weighted by molar-refractivity contribution is 5.72. The van der Waals surface area contributed by atoms with E-state index in [2.05, 4.69) is 9.97 Å². The average Bonchev–Trinajstić information content (AvgIpc) is 2.40. The molecule has 5 heteroatoms. The molecule has 0 unspecified atom stereocenters. The summed E-state index contributed by atoms with van der Waals surface area (Å²) in [5.41, 5.74) is 1.73. The number of carboxylic acid groups (broad SMARTS) is 1. The molecule has 92 valence electrons. The third-order valence-corrected chi connectivity index (χ3v) is 2.39. The predicted octanol–water partition coefficient (Wildman–Crippen LogP) is 2.00. The van der Waals surface area contributed by atoms with Gasteiger partial charge in [-0.05, 0) is 24.6 Å². The van der Waals surface area contributed by atoms with Gasteiger partial charge < -0.3 is 9.84 Å². The van der Waals surface area contributed by atoms with E-state index in [4.69, 9.17) is 9.84 Å². The van der Waals surface area contributed by atoms with E-state index in [1.807, 2.05) is 6.07 Å². The van der Waals surface area contributed by atoms with Gasteiger partial charge in [0.15, 0.2) is 6.10 Å². The van der Waals surface area contributed by atoms with E-state index in [9.17, 15) is 4.79 Å². The predicted molar refractivity (Wildman–Crippen MR) is 65.2 cm³/mol. The van der Waals surface area contributed by atoms with Crippen molar-refractivity contribution in [2.24, 2.45) is 0 Å². The van der Waals surface area contributed by atoms with Crippen LogP contribution in [0.1, 0.15) is 6.92 Å². The van der Waals surface area contributed by atoms with Crippen molar-refractivity contribution in [2.45, 2.75) is 13.0 Å². The zero-order chi connectivity index (χ0) is 13.0. The second-order valence-corrected chi connectivity index (χ2v) is 3.75. The monoisotopic (exact) mass is 244 g/mol. The summed E-state index contributed by atoms with van der Waals surface area (Å²) in [6.45, 7) is 1.49. The van der Waals surface area contributed by atoms with Crippen LogP contribution in [0.2, 0.25) is 0 Å². The fourth-order valence-corrected chi connectivity index (χ4v) is 1.45. The van der Waals surface area contributed by atoms with Gasteiger partial charge in [-0.2, -0.15) is 0 Å². The van der Waals surface area contributed by atoms with Gasteiger partial charge in [0.1, 0.15) is 12.1 Å². The molecule has 0 spiro atoms. The van der Waals surface area contributed by atoms with E-state index in [1.54, 1.807) is 30.6 Å². The zero-order valence-corrected chi connectivity index (χ0v) is 9.78. The van der Waals surface area contributed by atoms with Gasteiger partial charge in [0.2, 0.25) is 0 Å². The minimum absolute atomic E-state index is 0.506. The van der Waals surface area contributed by atoms with Crippen LogP contribution in [0.25, 0.3) is 11.1 Å². The number of carboxylic acids is 1. The van der Waals surface area contributed by atoms with E-state index < -0.39 is 12.1 Å². The maximum Gasteiger partial charge on any atom is 0.344 e. The Morgan fingerprint density at radius 2 is 2.00 bits per heavy atom. The van der Waals surface area contributed by atoms with Crippen molar-refractivity contribution in [3.63, 3.8) is 0 Å². The van der Waals surface area contributed by atoms with Gasteiger partial charge in [-0.15, -0.1) is 0 Å². The first-order valence-electron chi connectivity index (χ1n) is 5.42. The summed E-state index contributed by atoms with van der Waals surface area (Å²) >= 11 is 0. The van der Waals surface area contributed by atoms with Crippen molar-refractivity contribution in [1.29, 1.82) is 0 Å². The molecule has 0 fully saturated rings. The number of carbonyl (C=O) groups is 1. The second kappa shape index (κ2) is 5.27. The maximum atomic E-state index is 10.7. The van der Waals surface area contributed by atoms with Gasteiger partial charge in [-0.1, -0.05) is 12.1 Å². The fraction of sp³-hybridized carbons (Fsp3) is 0.154. The molecule has 2 rings (SSSR count). The number of aromatic nitrogens is 2. The SMILES string of the molecule is C[C@H](Oc1cccc(-c2cncnc2)c1)C(=O)O. The Labute approximate surface area is 104 Å². The Morgan fingerprint density at radius 1 is 1.28 bits per heavy atom. The molecule has 18 heavy (non-hydrogen) atoms. The summed E-state index contributed by atoms with van der Waals surface area (Å²) in [7, 11) is 0. The molecular weight excluding hydrogens is 232 g/mol. The zero-order valence-electron chi connectivity index (χ0n) is 9.78. The van der Waals surface area contributed by atoms with Crippen LogP contribution in [0.5, 0.6) is 5.75 Å². The first-order valence-corrected chi connectivity index (χ1v) is 5.42. The molecule has 1 aromatic carbocycles. The first kappa shape index (κ1) is 12.0. The van der Waals surface area contributed by atoms with Crippen LogP contribution < -0.4 is 4.74 Å². The van der Waals surface area contributed by atoms with E-state index in [0.29, 0.717) is 5.75 Å². The summed E-state index contributed by atoms with van der Waals surface area (Å²) in [5, 5.41) is 8.78. The van der Waals surface area contributed by atoms with Crippen LogP contribution in [0, 0.1) is 0 Å². The Morgan fingerprint density at radius 3 is 2.67 bits per heavy atom. The van der Waals surface area contributed by atoms with Crippen molar-refractivity contribution in [1.82, 2.24) is 9.97 Å². The van der Waals surface area contributed by atoms with E-state index in [-0.39, 0.29) is 0 Å². The van der Waals surface area contributed by atoms with Gasteiger partial charge in [0.25, 0.3) is 0 Å². The van der Waals surface area contributed by atoms with Crippen molar-refractivity contribution in [3.05, 3.63) is 43.0 Å². The van der Waals surface area contributed by atoms with Crippen LogP contribution in [-0.4, -0.2) is 27.1 Å². The standard InChI is InChI=1S/C13H12N2O3/c1-9(13(16)17)18-12-4-2-3-10(5-12)11-6-14-8-15-7-11/h2-9H,1H3,(H,16,17)/t9-/m0/s1. The molecule has 2 aromatic rings. The van der Waals surface area contributed by atoms with Crippen molar-refractivity contribution >= 4 is 5.97 Å². The first-order chi connectivity index (χ1) is 8.66. The highest BCUT2D eigenvalue weighted by Crippen LogP contribution is 2.23. The lowest BCUT2D eigenvalue weighted by molar-refractivity contribution is -0.144. The van der Waals surface area contributed by atoms with Crippen molar-refractivity contribution < 1.29 is 14.6 Å². The molecule has 1 atom stereocenters. The highest BCUT2D eigenvalue weighted by Gasteiger charge is 2.12. The van der Waals surface area contributed by atoms with Crippen molar-refractivity contribution in [3.8, 4) is 16.9 Å². The maximum absolute atomic E-state index is 10.7. The summed E-state index contributed by atoms with van der Waals surface area (Å²) in [4.78, 5) is 18.6. The number of hydrogen-bond acceptors (Lipinski definition) is 4. The number of ether oxygens (including phenoxy) is 1. The van der Waals surface area contributed by atoms with E-state index in [0.717, 1.165) is 11.1 Å². The molecule has 0 bridgehead atoms. The van der Waals surface area contributed by atoms with Crippen LogP contribution >= 0.6 is 0 Å². The fourth-order valence-electron chi connectivity index (χ4n) is 1.45. The summed E-state index contributed by atoms with van der Waals surface area (Å²) < 4.78 is 5.30. The van der Waals surface area contributed by atoms with Gasteiger partial charge in [-0.3, -0.25) is 0 Å². The van der Waals surface area contributed by atoms with Gasteiger partial charge in [0.05, 0.1) is 0 Å². The Kier molecular flexibility index (Phi) is 3.52. The van der Waals surface area contributed by atoms with Crippen LogP contribution in [0.3, 0.4) is 0 Å². The number of benzene rings is 1. The second-order valence-electron chi connectivity index (χ2n) is 3.75.